The number of halogens is 1. The van der Waals surface area contributed by atoms with Crippen LogP contribution in [0.3, 0.4) is 0 Å². The van der Waals surface area contributed by atoms with Crippen LogP contribution in [0.1, 0.15) is 12.7 Å². The van der Waals surface area contributed by atoms with E-state index in [9.17, 15) is 4.79 Å². The number of furan rings is 1. The molecule has 0 saturated carbocycles. The quantitative estimate of drug-likeness (QED) is 0.798. The van der Waals surface area contributed by atoms with E-state index < -0.39 is 6.10 Å². The van der Waals surface area contributed by atoms with Crippen molar-refractivity contribution in [2.45, 2.75) is 19.6 Å². The summed E-state index contributed by atoms with van der Waals surface area (Å²) in [6.45, 7) is 2.32. The number of hydrogen-bond donors (Lipinski definition) is 2. The molecule has 5 nitrogen and oxygen atoms in total. The number of anilines is 2. The third kappa shape index (κ3) is 2.74. The Kier molecular flexibility index (Phi) is 3.56. The van der Waals surface area contributed by atoms with Crippen molar-refractivity contribution in [2.75, 3.05) is 10.6 Å². The molecule has 20 heavy (non-hydrogen) atoms. The monoisotopic (exact) mass is 384 g/mol. The first kappa shape index (κ1) is 13.3. The van der Waals surface area contributed by atoms with E-state index in [0.717, 1.165) is 15.2 Å². The summed E-state index contributed by atoms with van der Waals surface area (Å²) in [6.07, 6.45) is -0.452. The van der Waals surface area contributed by atoms with Crippen LogP contribution in [0.4, 0.5) is 11.4 Å². The molecule has 0 fully saturated rings. The van der Waals surface area contributed by atoms with Gasteiger partial charge in [-0.05, 0) is 59.8 Å². The molecule has 2 heterocycles. The van der Waals surface area contributed by atoms with E-state index in [-0.39, 0.29) is 5.91 Å². The molecule has 0 saturated heterocycles. The maximum atomic E-state index is 11.6. The highest BCUT2D eigenvalue weighted by molar-refractivity contribution is 14.1. The Hall–Kier alpha value is -1.70. The lowest BCUT2D eigenvalue weighted by atomic mass is 10.2. The molecule has 1 aliphatic rings. The lowest BCUT2D eigenvalue weighted by molar-refractivity contribution is -0.122. The van der Waals surface area contributed by atoms with Gasteiger partial charge in [0.15, 0.2) is 9.87 Å². The molecule has 1 aromatic carbocycles. The minimum absolute atomic E-state index is 0.129. The number of hydrogen-bond acceptors (Lipinski definition) is 4. The highest BCUT2D eigenvalue weighted by atomic mass is 127. The van der Waals surface area contributed by atoms with Gasteiger partial charge in [0.25, 0.3) is 5.91 Å². The SMILES string of the molecule is CC1Oc2ccc(NCc3ccc(I)o3)cc2NC1=O. The second-order valence-corrected chi connectivity index (χ2v) is 5.58. The average molecular weight is 384 g/mol. The van der Waals surface area contributed by atoms with Gasteiger partial charge in [0.1, 0.15) is 11.5 Å². The van der Waals surface area contributed by atoms with Crippen LogP contribution in [-0.4, -0.2) is 12.0 Å². The third-order valence-corrected chi connectivity index (χ3v) is 3.59. The van der Waals surface area contributed by atoms with Crippen molar-refractivity contribution in [1.82, 2.24) is 0 Å². The number of benzene rings is 1. The molecular weight excluding hydrogens is 371 g/mol. The Morgan fingerprint density at radius 1 is 1.35 bits per heavy atom. The van der Waals surface area contributed by atoms with E-state index in [2.05, 4.69) is 33.2 Å². The van der Waals surface area contributed by atoms with Crippen LogP contribution in [0.25, 0.3) is 0 Å². The lowest BCUT2D eigenvalue weighted by Crippen LogP contribution is -2.34. The summed E-state index contributed by atoms with van der Waals surface area (Å²) >= 11 is 2.13. The van der Waals surface area contributed by atoms with E-state index in [1.54, 1.807) is 6.92 Å². The molecule has 0 aliphatic carbocycles. The van der Waals surface area contributed by atoms with Crippen molar-refractivity contribution in [3.8, 4) is 5.75 Å². The second-order valence-electron chi connectivity index (χ2n) is 4.52. The predicted octanol–water partition coefficient (Wildman–Crippen LogP) is 3.22. The molecule has 0 radical (unpaired) electrons. The molecule has 1 amide bonds. The van der Waals surface area contributed by atoms with E-state index in [4.69, 9.17) is 9.15 Å². The van der Waals surface area contributed by atoms with E-state index in [0.29, 0.717) is 18.0 Å². The van der Waals surface area contributed by atoms with Crippen LogP contribution >= 0.6 is 22.6 Å². The molecular formula is C14H13IN2O3. The largest absolute Gasteiger partial charge is 0.479 e. The molecule has 1 aromatic heterocycles. The first-order valence-electron chi connectivity index (χ1n) is 6.21. The Morgan fingerprint density at radius 3 is 2.95 bits per heavy atom. The van der Waals surface area contributed by atoms with Gasteiger partial charge in [-0.15, -0.1) is 0 Å². The average Bonchev–Trinajstić information content (AvgIpc) is 2.84. The normalized spacial score (nSPS) is 17.1. The number of nitrogens with one attached hydrogen (secondary N) is 2. The Morgan fingerprint density at radius 2 is 2.20 bits per heavy atom. The van der Waals surface area contributed by atoms with E-state index in [1.807, 2.05) is 30.3 Å². The van der Waals surface area contributed by atoms with Crippen molar-refractivity contribution in [3.63, 3.8) is 0 Å². The summed E-state index contributed by atoms with van der Waals surface area (Å²) in [5.41, 5.74) is 1.58. The lowest BCUT2D eigenvalue weighted by Gasteiger charge is -2.23. The summed E-state index contributed by atoms with van der Waals surface area (Å²) in [4.78, 5) is 11.6. The standard InChI is InChI=1S/C14H13IN2O3/c1-8-14(18)17-11-6-9(2-4-12(11)19-8)16-7-10-3-5-13(15)20-10/h2-6,8,16H,7H2,1H3,(H,17,18). The van der Waals surface area contributed by atoms with Gasteiger partial charge in [-0.1, -0.05) is 0 Å². The van der Waals surface area contributed by atoms with Crippen LogP contribution in [0.15, 0.2) is 34.7 Å². The fraction of sp³-hybridized carbons (Fsp3) is 0.214. The molecule has 6 heteroatoms. The minimum Gasteiger partial charge on any atom is -0.479 e. The zero-order valence-corrected chi connectivity index (χ0v) is 12.9. The van der Waals surface area contributed by atoms with Crippen molar-refractivity contribution >= 4 is 39.9 Å². The summed E-state index contributed by atoms with van der Waals surface area (Å²) in [7, 11) is 0. The summed E-state index contributed by atoms with van der Waals surface area (Å²) < 4.78 is 11.8. The first-order valence-corrected chi connectivity index (χ1v) is 7.29. The molecule has 1 unspecified atom stereocenters. The molecule has 1 atom stereocenters. The van der Waals surface area contributed by atoms with Gasteiger partial charge in [-0.2, -0.15) is 0 Å². The zero-order chi connectivity index (χ0) is 14.1. The van der Waals surface area contributed by atoms with Gasteiger partial charge in [-0.3, -0.25) is 4.79 Å². The number of ether oxygens (including phenoxy) is 1. The molecule has 2 aromatic rings. The predicted molar refractivity (Wildman–Crippen MR) is 83.9 cm³/mol. The molecule has 0 bridgehead atoms. The van der Waals surface area contributed by atoms with Crippen LogP contribution in [0.2, 0.25) is 0 Å². The summed E-state index contributed by atoms with van der Waals surface area (Å²) in [5, 5.41) is 6.07. The highest BCUT2D eigenvalue weighted by Crippen LogP contribution is 2.32. The number of fused-ring (bicyclic) bond motifs is 1. The summed E-state index contributed by atoms with van der Waals surface area (Å²) in [6, 6.07) is 9.46. The van der Waals surface area contributed by atoms with E-state index >= 15 is 0 Å². The topological polar surface area (TPSA) is 63.5 Å². The fourth-order valence-electron chi connectivity index (χ4n) is 1.95. The van der Waals surface area contributed by atoms with Crippen LogP contribution < -0.4 is 15.4 Å². The van der Waals surface area contributed by atoms with Gasteiger partial charge < -0.3 is 19.8 Å². The second kappa shape index (κ2) is 5.35. The van der Waals surface area contributed by atoms with Crippen molar-refractivity contribution in [1.29, 1.82) is 0 Å². The number of amides is 1. The third-order valence-electron chi connectivity index (χ3n) is 3.01. The molecule has 104 valence electrons. The number of carbonyl (C=O) groups is 1. The molecule has 2 N–H and O–H groups in total. The van der Waals surface area contributed by atoms with Gasteiger partial charge in [-0.25, -0.2) is 0 Å². The zero-order valence-electron chi connectivity index (χ0n) is 10.8. The van der Waals surface area contributed by atoms with Gasteiger partial charge in [0.2, 0.25) is 0 Å². The van der Waals surface area contributed by atoms with Gasteiger partial charge in [0.05, 0.1) is 12.2 Å². The smallest absolute Gasteiger partial charge is 0.265 e. The molecule has 3 rings (SSSR count). The fourth-order valence-corrected chi connectivity index (χ4v) is 2.42. The van der Waals surface area contributed by atoms with Gasteiger partial charge in [0, 0.05) is 5.69 Å². The molecule has 0 spiro atoms. The van der Waals surface area contributed by atoms with Crippen LogP contribution in [0, 0.1) is 3.77 Å². The Balaban J connectivity index is 1.72. The number of carbonyl (C=O) groups excluding carboxylic acids is 1. The van der Waals surface area contributed by atoms with Crippen LogP contribution in [-0.2, 0) is 11.3 Å². The van der Waals surface area contributed by atoms with E-state index in [1.165, 1.54) is 0 Å². The van der Waals surface area contributed by atoms with Crippen molar-refractivity contribution in [2.24, 2.45) is 0 Å². The minimum atomic E-state index is -0.452. The summed E-state index contributed by atoms with van der Waals surface area (Å²) in [5.74, 6) is 1.42. The Labute approximate surface area is 129 Å². The van der Waals surface area contributed by atoms with Crippen LogP contribution in [0.5, 0.6) is 5.75 Å². The first-order chi connectivity index (χ1) is 9.61. The van der Waals surface area contributed by atoms with Gasteiger partial charge >= 0.3 is 0 Å². The van der Waals surface area contributed by atoms with Crippen molar-refractivity contribution < 1.29 is 13.9 Å². The Bertz CT molecular complexity index is 654. The maximum absolute atomic E-state index is 11.6. The van der Waals surface area contributed by atoms with Crippen molar-refractivity contribution in [3.05, 3.63) is 39.9 Å². The highest BCUT2D eigenvalue weighted by Gasteiger charge is 2.23. The number of rotatable bonds is 3. The molecule has 1 aliphatic heterocycles. The maximum Gasteiger partial charge on any atom is 0.265 e.